The average Bonchev–Trinajstić information content (AvgIpc) is 2.67. The number of hydrogen-bond acceptors (Lipinski definition) is 3. The first kappa shape index (κ1) is 12.4. The van der Waals surface area contributed by atoms with Crippen molar-refractivity contribution < 1.29 is 0 Å². The number of nitriles is 1. The van der Waals surface area contributed by atoms with E-state index >= 15 is 0 Å². The van der Waals surface area contributed by atoms with E-state index in [1.165, 1.54) is 9.08 Å². The van der Waals surface area contributed by atoms with Gasteiger partial charge in [0.2, 0.25) is 0 Å². The molecule has 18 heavy (non-hydrogen) atoms. The van der Waals surface area contributed by atoms with Crippen molar-refractivity contribution in [3.05, 3.63) is 34.9 Å². The molecule has 2 heterocycles. The molecule has 2 rings (SSSR count). The van der Waals surface area contributed by atoms with Gasteiger partial charge in [0.05, 0.1) is 11.5 Å². The molecule has 0 atom stereocenters. The van der Waals surface area contributed by atoms with Crippen LogP contribution < -0.4 is 5.69 Å². The SMILES string of the molecule is CC(C)(C#N)CCCn1nc2ccccn2c1=O. The zero-order valence-corrected chi connectivity index (χ0v) is 10.6. The molecular weight excluding hydrogens is 228 g/mol. The molecule has 0 unspecified atom stereocenters. The van der Waals surface area contributed by atoms with Gasteiger partial charge in [-0.05, 0) is 38.8 Å². The lowest BCUT2D eigenvalue weighted by atomic mass is 9.90. The van der Waals surface area contributed by atoms with Crippen LogP contribution in [0, 0.1) is 16.7 Å². The summed E-state index contributed by atoms with van der Waals surface area (Å²) in [6, 6.07) is 7.72. The monoisotopic (exact) mass is 244 g/mol. The average molecular weight is 244 g/mol. The molecule has 0 saturated carbocycles. The van der Waals surface area contributed by atoms with Crippen LogP contribution in [-0.4, -0.2) is 14.2 Å². The van der Waals surface area contributed by atoms with E-state index in [4.69, 9.17) is 5.26 Å². The maximum atomic E-state index is 12.0. The molecule has 0 radical (unpaired) electrons. The molecule has 0 aliphatic carbocycles. The van der Waals surface area contributed by atoms with Gasteiger partial charge in [0, 0.05) is 12.7 Å². The number of hydrogen-bond donors (Lipinski definition) is 0. The van der Waals surface area contributed by atoms with E-state index in [1.54, 1.807) is 18.3 Å². The Morgan fingerprint density at radius 1 is 1.44 bits per heavy atom. The standard InChI is InChI=1S/C13H16N4O/c1-13(2,10-14)7-5-9-17-12(18)16-8-4-3-6-11(16)15-17/h3-4,6,8H,5,7,9H2,1-2H3. The third-order valence-electron chi connectivity index (χ3n) is 2.96. The molecule has 5 nitrogen and oxygen atoms in total. The van der Waals surface area contributed by atoms with Crippen LogP contribution in [0.4, 0.5) is 0 Å². The predicted molar refractivity (Wildman–Crippen MR) is 68.1 cm³/mol. The van der Waals surface area contributed by atoms with Crippen LogP contribution in [-0.2, 0) is 6.54 Å². The molecule has 0 bridgehead atoms. The van der Waals surface area contributed by atoms with Gasteiger partial charge in [-0.1, -0.05) is 6.07 Å². The normalized spacial score (nSPS) is 11.6. The highest BCUT2D eigenvalue weighted by atomic mass is 16.2. The van der Waals surface area contributed by atoms with Crippen LogP contribution in [0.3, 0.4) is 0 Å². The Bertz CT molecular complexity index is 645. The smallest absolute Gasteiger partial charge is 0.250 e. The molecule has 0 aliphatic heterocycles. The molecule has 0 fully saturated rings. The summed E-state index contributed by atoms with van der Waals surface area (Å²) in [4.78, 5) is 12.0. The lowest BCUT2D eigenvalue weighted by Gasteiger charge is -2.13. The van der Waals surface area contributed by atoms with Crippen molar-refractivity contribution in [1.82, 2.24) is 14.2 Å². The lowest BCUT2D eigenvalue weighted by Crippen LogP contribution is -2.22. The Morgan fingerprint density at radius 2 is 2.22 bits per heavy atom. The van der Waals surface area contributed by atoms with Crippen LogP contribution in [0.1, 0.15) is 26.7 Å². The first-order chi connectivity index (χ1) is 8.53. The van der Waals surface area contributed by atoms with Gasteiger partial charge in [0.1, 0.15) is 0 Å². The van der Waals surface area contributed by atoms with E-state index in [-0.39, 0.29) is 11.1 Å². The third kappa shape index (κ3) is 2.43. The zero-order chi connectivity index (χ0) is 13.2. The van der Waals surface area contributed by atoms with Gasteiger partial charge in [-0.2, -0.15) is 5.26 Å². The van der Waals surface area contributed by atoms with E-state index < -0.39 is 0 Å². The number of aryl methyl sites for hydroxylation is 1. The molecular formula is C13H16N4O. The van der Waals surface area contributed by atoms with Gasteiger partial charge >= 0.3 is 5.69 Å². The first-order valence-corrected chi connectivity index (χ1v) is 5.99. The number of nitrogens with zero attached hydrogens (tertiary/aromatic N) is 4. The van der Waals surface area contributed by atoms with Gasteiger partial charge in [-0.25, -0.2) is 9.48 Å². The largest absolute Gasteiger partial charge is 0.350 e. The Kier molecular flexibility index (Phi) is 3.19. The van der Waals surface area contributed by atoms with E-state index in [0.717, 1.165) is 12.8 Å². The molecule has 0 amide bonds. The van der Waals surface area contributed by atoms with E-state index in [0.29, 0.717) is 12.2 Å². The van der Waals surface area contributed by atoms with Gasteiger partial charge in [-0.3, -0.25) is 4.40 Å². The van der Waals surface area contributed by atoms with Gasteiger partial charge < -0.3 is 0 Å². The van der Waals surface area contributed by atoms with Gasteiger partial charge in [-0.15, -0.1) is 5.10 Å². The van der Waals surface area contributed by atoms with Gasteiger partial charge in [0.15, 0.2) is 5.65 Å². The van der Waals surface area contributed by atoms with Crippen molar-refractivity contribution in [1.29, 1.82) is 5.26 Å². The third-order valence-corrected chi connectivity index (χ3v) is 2.96. The van der Waals surface area contributed by atoms with Crippen LogP contribution in [0.15, 0.2) is 29.2 Å². The van der Waals surface area contributed by atoms with Crippen LogP contribution in [0.25, 0.3) is 5.65 Å². The first-order valence-electron chi connectivity index (χ1n) is 5.99. The highest BCUT2D eigenvalue weighted by Gasteiger charge is 2.16. The van der Waals surface area contributed by atoms with Gasteiger partial charge in [0.25, 0.3) is 0 Å². The van der Waals surface area contributed by atoms with Crippen molar-refractivity contribution in [2.75, 3.05) is 0 Å². The predicted octanol–water partition coefficient (Wildman–Crippen LogP) is 1.83. The second kappa shape index (κ2) is 4.65. The Balaban J connectivity index is 2.12. The molecule has 0 N–H and O–H groups in total. The molecule has 2 aromatic rings. The van der Waals surface area contributed by atoms with Crippen molar-refractivity contribution in [3.63, 3.8) is 0 Å². The summed E-state index contributed by atoms with van der Waals surface area (Å²) in [6.07, 6.45) is 3.23. The van der Waals surface area contributed by atoms with E-state index in [2.05, 4.69) is 11.2 Å². The fraction of sp³-hybridized carbons (Fsp3) is 0.462. The molecule has 0 spiro atoms. The summed E-state index contributed by atoms with van der Waals surface area (Å²) in [5, 5.41) is 13.2. The summed E-state index contributed by atoms with van der Waals surface area (Å²) in [5.74, 6) is 0. The molecule has 0 aliphatic rings. The summed E-state index contributed by atoms with van der Waals surface area (Å²) >= 11 is 0. The Morgan fingerprint density at radius 3 is 2.89 bits per heavy atom. The summed E-state index contributed by atoms with van der Waals surface area (Å²) in [5.41, 5.74) is 0.186. The molecule has 2 aromatic heterocycles. The number of pyridine rings is 1. The van der Waals surface area contributed by atoms with Crippen molar-refractivity contribution in [2.45, 2.75) is 33.2 Å². The summed E-state index contributed by atoms with van der Waals surface area (Å²) in [7, 11) is 0. The fourth-order valence-electron chi connectivity index (χ4n) is 1.84. The minimum absolute atomic E-state index is 0.125. The molecule has 0 aromatic carbocycles. The Labute approximate surface area is 105 Å². The van der Waals surface area contributed by atoms with E-state index in [1.807, 2.05) is 19.9 Å². The maximum Gasteiger partial charge on any atom is 0.350 e. The minimum atomic E-state index is -0.344. The molecule has 94 valence electrons. The second-order valence-electron chi connectivity index (χ2n) is 5.03. The summed E-state index contributed by atoms with van der Waals surface area (Å²) in [6.45, 7) is 4.35. The fourth-order valence-corrected chi connectivity index (χ4v) is 1.84. The van der Waals surface area contributed by atoms with Crippen LogP contribution >= 0.6 is 0 Å². The van der Waals surface area contributed by atoms with Crippen LogP contribution in [0.5, 0.6) is 0 Å². The maximum absolute atomic E-state index is 12.0. The molecule has 0 saturated heterocycles. The highest BCUT2D eigenvalue weighted by Crippen LogP contribution is 2.20. The molecule has 5 heteroatoms. The quantitative estimate of drug-likeness (QED) is 0.824. The topological polar surface area (TPSA) is 63.1 Å². The summed E-state index contributed by atoms with van der Waals surface area (Å²) < 4.78 is 2.98. The Hall–Kier alpha value is -2.09. The number of rotatable bonds is 4. The van der Waals surface area contributed by atoms with Crippen molar-refractivity contribution in [2.24, 2.45) is 5.41 Å². The second-order valence-corrected chi connectivity index (χ2v) is 5.03. The zero-order valence-electron chi connectivity index (χ0n) is 10.6. The van der Waals surface area contributed by atoms with E-state index in [9.17, 15) is 4.79 Å². The van der Waals surface area contributed by atoms with Crippen molar-refractivity contribution >= 4 is 5.65 Å². The lowest BCUT2D eigenvalue weighted by molar-refractivity contribution is 0.404. The van der Waals surface area contributed by atoms with Crippen molar-refractivity contribution in [3.8, 4) is 6.07 Å². The number of fused-ring (bicyclic) bond motifs is 1. The minimum Gasteiger partial charge on any atom is -0.250 e. The highest BCUT2D eigenvalue weighted by molar-refractivity contribution is 5.35. The van der Waals surface area contributed by atoms with Crippen LogP contribution in [0.2, 0.25) is 0 Å². The number of aromatic nitrogens is 3.